The summed E-state index contributed by atoms with van der Waals surface area (Å²) in [6.45, 7) is 2.65. The van der Waals surface area contributed by atoms with E-state index in [9.17, 15) is 23.1 Å². The van der Waals surface area contributed by atoms with Gasteiger partial charge in [0, 0.05) is 39.0 Å². The molecule has 3 N–H and O–H groups in total. The van der Waals surface area contributed by atoms with Crippen molar-refractivity contribution in [2.24, 2.45) is 12.5 Å². The molecule has 0 aliphatic carbocycles. The average molecular weight is 334 g/mol. The van der Waals surface area contributed by atoms with Gasteiger partial charge in [0.05, 0.1) is 5.41 Å². The molecule has 1 aromatic heterocycles. The summed E-state index contributed by atoms with van der Waals surface area (Å²) in [5.74, 6) is -0.806. The van der Waals surface area contributed by atoms with Crippen molar-refractivity contribution in [1.82, 2.24) is 20.2 Å². The molecule has 1 aliphatic rings. The molecule has 130 valence electrons. The molecule has 1 fully saturated rings. The summed E-state index contributed by atoms with van der Waals surface area (Å²) in [4.78, 5) is 15.7. The number of hydrogen-bond acceptors (Lipinski definition) is 4. The second-order valence-electron chi connectivity index (χ2n) is 6.21. The minimum absolute atomic E-state index is 0.294. The molecular formula is C14H21F3N4O2. The molecule has 1 saturated heterocycles. The highest BCUT2D eigenvalue weighted by molar-refractivity contribution is 5.82. The van der Waals surface area contributed by atoms with Crippen molar-refractivity contribution in [3.05, 3.63) is 18.2 Å². The monoisotopic (exact) mass is 334 g/mol. The Balaban J connectivity index is 2.06. The summed E-state index contributed by atoms with van der Waals surface area (Å²) in [5.41, 5.74) is -3.73. The van der Waals surface area contributed by atoms with E-state index in [0.29, 0.717) is 19.5 Å². The van der Waals surface area contributed by atoms with Crippen molar-refractivity contribution in [2.75, 3.05) is 19.6 Å². The number of aliphatic hydroxyl groups is 1. The van der Waals surface area contributed by atoms with E-state index in [1.807, 2.05) is 0 Å². The predicted molar refractivity (Wildman–Crippen MR) is 76.4 cm³/mol. The molecule has 2 heterocycles. The number of nitrogens with zero attached hydrogens (tertiary/aromatic N) is 2. The number of nitrogens with one attached hydrogen (secondary N) is 2. The molecule has 1 aromatic rings. The largest absolute Gasteiger partial charge is 0.424 e. The van der Waals surface area contributed by atoms with Crippen LogP contribution >= 0.6 is 0 Å². The van der Waals surface area contributed by atoms with Crippen molar-refractivity contribution in [3.63, 3.8) is 0 Å². The summed E-state index contributed by atoms with van der Waals surface area (Å²) in [7, 11) is 1.38. The Hall–Kier alpha value is -1.61. The molecule has 1 amide bonds. The van der Waals surface area contributed by atoms with Gasteiger partial charge < -0.3 is 20.3 Å². The molecule has 1 aliphatic heterocycles. The molecule has 6 nitrogen and oxygen atoms in total. The van der Waals surface area contributed by atoms with Crippen molar-refractivity contribution >= 4 is 5.91 Å². The topological polar surface area (TPSA) is 79.2 Å². The highest BCUT2D eigenvalue weighted by atomic mass is 19.4. The van der Waals surface area contributed by atoms with Gasteiger partial charge in [-0.2, -0.15) is 13.2 Å². The zero-order chi connectivity index (χ0) is 17.3. The van der Waals surface area contributed by atoms with Gasteiger partial charge in [0.25, 0.3) is 0 Å². The lowest BCUT2D eigenvalue weighted by molar-refractivity contribution is -0.272. The van der Waals surface area contributed by atoms with Crippen LogP contribution in [-0.2, 0) is 17.4 Å². The normalized spacial score (nSPS) is 24.4. The number of halogens is 3. The zero-order valence-corrected chi connectivity index (χ0v) is 13.1. The van der Waals surface area contributed by atoms with E-state index in [1.165, 1.54) is 19.4 Å². The summed E-state index contributed by atoms with van der Waals surface area (Å²) >= 11 is 0. The molecule has 0 saturated carbocycles. The van der Waals surface area contributed by atoms with Crippen LogP contribution in [0.5, 0.6) is 0 Å². The average Bonchev–Trinajstić information content (AvgIpc) is 3.07. The third-order valence-electron chi connectivity index (χ3n) is 4.35. The van der Waals surface area contributed by atoms with E-state index in [0.717, 1.165) is 4.57 Å². The number of aryl methyl sites for hydroxylation is 1. The lowest BCUT2D eigenvalue weighted by Gasteiger charge is -2.30. The highest BCUT2D eigenvalue weighted by Gasteiger charge is 2.57. The summed E-state index contributed by atoms with van der Waals surface area (Å²) in [6, 6.07) is 0. The number of alkyl halides is 3. The number of aromatic nitrogens is 2. The van der Waals surface area contributed by atoms with Gasteiger partial charge in [-0.25, -0.2) is 4.98 Å². The van der Waals surface area contributed by atoms with Crippen molar-refractivity contribution in [2.45, 2.75) is 31.5 Å². The molecule has 0 radical (unpaired) electrons. The van der Waals surface area contributed by atoms with Crippen LogP contribution in [0.3, 0.4) is 0 Å². The van der Waals surface area contributed by atoms with Gasteiger partial charge in [0.2, 0.25) is 11.5 Å². The number of rotatable bonds is 5. The van der Waals surface area contributed by atoms with Gasteiger partial charge in [-0.3, -0.25) is 4.79 Å². The van der Waals surface area contributed by atoms with Gasteiger partial charge in [-0.15, -0.1) is 0 Å². The standard InChI is InChI=1S/C14H21F3N4O2/c1-12(3-5-18-9-12)11(22)20-6-4-13(23,14(15,16)17)10-19-7-8-21(10)2/h7-8,18,23H,3-6,9H2,1-2H3,(H,20,22)/t12-,13-/m0/s1. The van der Waals surface area contributed by atoms with Crippen LogP contribution in [0.25, 0.3) is 0 Å². The van der Waals surface area contributed by atoms with Crippen LogP contribution in [0.2, 0.25) is 0 Å². The van der Waals surface area contributed by atoms with Crippen LogP contribution in [0.1, 0.15) is 25.6 Å². The fourth-order valence-corrected chi connectivity index (χ4v) is 2.73. The second-order valence-corrected chi connectivity index (χ2v) is 6.21. The van der Waals surface area contributed by atoms with Crippen LogP contribution < -0.4 is 10.6 Å². The Labute approximate surface area is 132 Å². The van der Waals surface area contributed by atoms with Gasteiger partial charge >= 0.3 is 6.18 Å². The fraction of sp³-hybridized carbons (Fsp3) is 0.714. The van der Waals surface area contributed by atoms with E-state index >= 15 is 0 Å². The van der Waals surface area contributed by atoms with E-state index in [-0.39, 0.29) is 12.5 Å². The first-order valence-corrected chi connectivity index (χ1v) is 7.36. The Morgan fingerprint density at radius 3 is 2.74 bits per heavy atom. The van der Waals surface area contributed by atoms with Gasteiger partial charge in [-0.1, -0.05) is 0 Å². The first-order chi connectivity index (χ1) is 10.6. The van der Waals surface area contributed by atoms with E-state index in [1.54, 1.807) is 6.92 Å². The number of hydrogen-bond donors (Lipinski definition) is 3. The Morgan fingerprint density at radius 1 is 1.57 bits per heavy atom. The molecule has 0 bridgehead atoms. The number of carbonyl (C=O) groups is 1. The maximum atomic E-state index is 13.3. The predicted octanol–water partition coefficient (Wildman–Crippen LogP) is 0.676. The molecule has 0 spiro atoms. The lowest BCUT2D eigenvalue weighted by atomic mass is 9.88. The quantitative estimate of drug-likeness (QED) is 0.740. The second kappa shape index (κ2) is 6.12. The van der Waals surface area contributed by atoms with Crippen LogP contribution in [-0.4, -0.2) is 46.4 Å². The molecule has 23 heavy (non-hydrogen) atoms. The van der Waals surface area contributed by atoms with E-state index in [2.05, 4.69) is 15.6 Å². The summed E-state index contributed by atoms with van der Waals surface area (Å²) in [6.07, 6.45) is -2.44. The van der Waals surface area contributed by atoms with Crippen LogP contribution in [0, 0.1) is 5.41 Å². The van der Waals surface area contributed by atoms with E-state index < -0.39 is 29.4 Å². The Morgan fingerprint density at radius 2 is 2.26 bits per heavy atom. The SMILES string of the molecule is Cn1ccnc1[C@@](O)(CCNC(=O)[C@@]1(C)CCNC1)C(F)(F)F. The minimum Gasteiger partial charge on any atom is -0.374 e. The third-order valence-corrected chi connectivity index (χ3v) is 4.35. The molecule has 0 aromatic carbocycles. The summed E-state index contributed by atoms with van der Waals surface area (Å²) in [5, 5.41) is 15.7. The van der Waals surface area contributed by atoms with Gasteiger partial charge in [-0.05, 0) is 19.9 Å². The lowest BCUT2D eigenvalue weighted by Crippen LogP contribution is -2.48. The van der Waals surface area contributed by atoms with E-state index in [4.69, 9.17) is 0 Å². The third kappa shape index (κ3) is 3.35. The molecular weight excluding hydrogens is 313 g/mol. The first kappa shape index (κ1) is 17.7. The van der Waals surface area contributed by atoms with Gasteiger partial charge in [0.15, 0.2) is 0 Å². The Bertz CT molecular complexity index is 567. The van der Waals surface area contributed by atoms with Crippen molar-refractivity contribution in [3.8, 4) is 0 Å². The molecule has 9 heteroatoms. The smallest absolute Gasteiger partial charge is 0.374 e. The van der Waals surface area contributed by atoms with Crippen LogP contribution in [0.4, 0.5) is 13.2 Å². The minimum atomic E-state index is -4.89. The fourth-order valence-electron chi connectivity index (χ4n) is 2.73. The Kier molecular flexibility index (Phi) is 4.72. The molecule has 2 atom stereocenters. The first-order valence-electron chi connectivity index (χ1n) is 7.36. The van der Waals surface area contributed by atoms with Crippen molar-refractivity contribution in [1.29, 1.82) is 0 Å². The molecule has 2 rings (SSSR count). The van der Waals surface area contributed by atoms with Crippen molar-refractivity contribution < 1.29 is 23.1 Å². The molecule has 0 unspecified atom stereocenters. The number of imidazole rings is 1. The van der Waals surface area contributed by atoms with Gasteiger partial charge in [0.1, 0.15) is 5.82 Å². The number of amides is 1. The zero-order valence-electron chi connectivity index (χ0n) is 13.1. The number of carbonyl (C=O) groups excluding carboxylic acids is 1. The highest BCUT2D eigenvalue weighted by Crippen LogP contribution is 2.40. The maximum absolute atomic E-state index is 13.3. The maximum Gasteiger partial charge on any atom is 0.424 e. The van der Waals surface area contributed by atoms with Crippen LogP contribution in [0.15, 0.2) is 12.4 Å². The summed E-state index contributed by atoms with van der Waals surface area (Å²) < 4.78 is 41.1.